The van der Waals surface area contributed by atoms with E-state index in [-0.39, 0.29) is 23.8 Å². The fourth-order valence-electron chi connectivity index (χ4n) is 2.60. The van der Waals surface area contributed by atoms with Crippen LogP contribution in [0.4, 0.5) is 0 Å². The standard InChI is InChI=1S/C19H24N4O3/c1-10(2)14-8-13(16-11(3)22-26-18(16)21-14)17(24)20-9-12-7-15(23-25-12)19(4,5)6/h7-8,10H,9H2,1-6H3,(H,20,24). The first-order valence-corrected chi connectivity index (χ1v) is 8.68. The first-order chi connectivity index (χ1) is 12.2. The van der Waals surface area contributed by atoms with E-state index in [1.165, 1.54) is 0 Å². The third-order valence-electron chi connectivity index (χ3n) is 4.22. The Hall–Kier alpha value is -2.70. The maximum absolute atomic E-state index is 12.8. The molecule has 3 rings (SSSR count). The first-order valence-electron chi connectivity index (χ1n) is 8.68. The highest BCUT2D eigenvalue weighted by Gasteiger charge is 2.21. The van der Waals surface area contributed by atoms with Gasteiger partial charge in [0.2, 0.25) is 0 Å². The quantitative estimate of drug-likeness (QED) is 0.762. The predicted octanol–water partition coefficient (Wildman–Crippen LogP) is 3.87. The number of nitrogens with one attached hydrogen (secondary N) is 1. The summed E-state index contributed by atoms with van der Waals surface area (Å²) < 4.78 is 10.6. The van der Waals surface area contributed by atoms with Gasteiger partial charge in [0, 0.05) is 17.2 Å². The minimum Gasteiger partial charge on any atom is -0.359 e. The number of carbonyl (C=O) groups excluding carboxylic acids is 1. The fraction of sp³-hybridized carbons (Fsp3) is 0.474. The van der Waals surface area contributed by atoms with Crippen LogP contribution in [0.1, 0.15) is 73.7 Å². The zero-order valence-electron chi connectivity index (χ0n) is 16.0. The number of nitrogens with zero attached hydrogens (tertiary/aromatic N) is 3. The summed E-state index contributed by atoms with van der Waals surface area (Å²) in [7, 11) is 0. The second kappa shape index (κ2) is 6.55. The molecule has 3 heterocycles. The molecule has 0 aliphatic heterocycles. The van der Waals surface area contributed by atoms with Gasteiger partial charge in [0.1, 0.15) is 0 Å². The summed E-state index contributed by atoms with van der Waals surface area (Å²) in [5, 5.41) is 11.5. The lowest BCUT2D eigenvalue weighted by molar-refractivity contribution is 0.0948. The Bertz CT molecular complexity index is 947. The molecule has 0 spiro atoms. The molecule has 138 valence electrons. The third-order valence-corrected chi connectivity index (χ3v) is 4.22. The number of amides is 1. The van der Waals surface area contributed by atoms with Gasteiger partial charge in [-0.3, -0.25) is 4.79 Å². The average Bonchev–Trinajstić information content (AvgIpc) is 3.19. The molecule has 0 aliphatic carbocycles. The monoisotopic (exact) mass is 356 g/mol. The molecule has 1 amide bonds. The summed E-state index contributed by atoms with van der Waals surface area (Å²) in [4.78, 5) is 17.2. The Balaban J connectivity index is 1.85. The lowest BCUT2D eigenvalue weighted by atomic mass is 9.92. The number of aryl methyl sites for hydroxylation is 1. The number of fused-ring (bicyclic) bond motifs is 1. The van der Waals surface area contributed by atoms with Crippen LogP contribution < -0.4 is 5.32 Å². The van der Waals surface area contributed by atoms with E-state index in [0.29, 0.717) is 28.1 Å². The van der Waals surface area contributed by atoms with Gasteiger partial charge < -0.3 is 14.4 Å². The summed E-state index contributed by atoms with van der Waals surface area (Å²) in [5.74, 6) is 0.555. The molecule has 0 bridgehead atoms. The Labute approximate surface area is 152 Å². The van der Waals surface area contributed by atoms with Crippen LogP contribution >= 0.6 is 0 Å². The van der Waals surface area contributed by atoms with Crippen LogP contribution in [-0.4, -0.2) is 21.2 Å². The van der Waals surface area contributed by atoms with Crippen LogP contribution in [0.5, 0.6) is 0 Å². The van der Waals surface area contributed by atoms with Crippen molar-refractivity contribution in [3.63, 3.8) is 0 Å². The molecule has 0 fully saturated rings. The van der Waals surface area contributed by atoms with Crippen molar-refractivity contribution >= 4 is 17.0 Å². The van der Waals surface area contributed by atoms with Gasteiger partial charge in [-0.1, -0.05) is 44.9 Å². The summed E-state index contributed by atoms with van der Waals surface area (Å²) in [6.45, 7) is 12.3. The minimum atomic E-state index is -0.223. The highest BCUT2D eigenvalue weighted by atomic mass is 16.5. The summed E-state index contributed by atoms with van der Waals surface area (Å²) in [6, 6.07) is 3.67. The molecule has 1 N–H and O–H groups in total. The maximum atomic E-state index is 12.8. The van der Waals surface area contributed by atoms with Gasteiger partial charge in [-0.25, -0.2) is 4.98 Å². The molecule has 0 saturated carbocycles. The molecule has 3 aromatic rings. The van der Waals surface area contributed by atoms with Crippen molar-refractivity contribution in [2.75, 3.05) is 0 Å². The van der Waals surface area contributed by atoms with Crippen LogP contribution in [0.15, 0.2) is 21.2 Å². The normalized spacial score (nSPS) is 12.1. The van der Waals surface area contributed by atoms with Crippen LogP contribution in [0.2, 0.25) is 0 Å². The number of carbonyl (C=O) groups is 1. The van der Waals surface area contributed by atoms with E-state index in [1.54, 1.807) is 13.0 Å². The number of rotatable bonds is 4. The van der Waals surface area contributed by atoms with E-state index in [4.69, 9.17) is 9.05 Å². The van der Waals surface area contributed by atoms with E-state index < -0.39 is 0 Å². The van der Waals surface area contributed by atoms with E-state index in [9.17, 15) is 4.79 Å². The molecular formula is C19H24N4O3. The first kappa shape index (κ1) is 18.1. The van der Waals surface area contributed by atoms with Crippen LogP contribution in [0.3, 0.4) is 0 Å². The van der Waals surface area contributed by atoms with Gasteiger partial charge >= 0.3 is 0 Å². The van der Waals surface area contributed by atoms with Crippen molar-refractivity contribution in [1.29, 1.82) is 0 Å². The summed E-state index contributed by atoms with van der Waals surface area (Å²) in [6.07, 6.45) is 0. The molecule has 0 radical (unpaired) electrons. The SMILES string of the molecule is Cc1noc2nc(C(C)C)cc(C(=O)NCc3cc(C(C)(C)C)no3)c12. The smallest absolute Gasteiger partial charge is 0.259 e. The number of hydrogen-bond donors (Lipinski definition) is 1. The highest BCUT2D eigenvalue weighted by Crippen LogP contribution is 2.25. The highest BCUT2D eigenvalue weighted by molar-refractivity contribution is 6.06. The van der Waals surface area contributed by atoms with Crippen molar-refractivity contribution in [1.82, 2.24) is 20.6 Å². The van der Waals surface area contributed by atoms with Crippen LogP contribution in [0, 0.1) is 6.92 Å². The zero-order chi connectivity index (χ0) is 19.1. The third kappa shape index (κ3) is 3.47. The van der Waals surface area contributed by atoms with Gasteiger partial charge in [0.25, 0.3) is 11.6 Å². The lowest BCUT2D eigenvalue weighted by Gasteiger charge is -2.12. The topological polar surface area (TPSA) is 94.0 Å². The molecular weight excluding hydrogens is 332 g/mol. The second-order valence-electron chi connectivity index (χ2n) is 7.81. The minimum absolute atomic E-state index is 0.102. The second-order valence-corrected chi connectivity index (χ2v) is 7.81. The van der Waals surface area contributed by atoms with E-state index in [0.717, 1.165) is 11.4 Å². The van der Waals surface area contributed by atoms with Gasteiger partial charge in [0.15, 0.2) is 5.76 Å². The Kier molecular flexibility index (Phi) is 4.56. The van der Waals surface area contributed by atoms with Crippen molar-refractivity contribution in [3.05, 3.63) is 40.5 Å². The van der Waals surface area contributed by atoms with Crippen molar-refractivity contribution in [2.24, 2.45) is 0 Å². The number of pyridine rings is 1. The molecule has 0 unspecified atom stereocenters. The lowest BCUT2D eigenvalue weighted by Crippen LogP contribution is -2.23. The fourth-order valence-corrected chi connectivity index (χ4v) is 2.60. The average molecular weight is 356 g/mol. The van der Waals surface area contributed by atoms with E-state index >= 15 is 0 Å². The van der Waals surface area contributed by atoms with Crippen molar-refractivity contribution < 1.29 is 13.8 Å². The van der Waals surface area contributed by atoms with Crippen molar-refractivity contribution in [2.45, 2.75) is 59.4 Å². The Morgan fingerprint density at radius 2 is 1.92 bits per heavy atom. The van der Waals surface area contributed by atoms with Crippen LogP contribution in [-0.2, 0) is 12.0 Å². The van der Waals surface area contributed by atoms with Gasteiger partial charge in [-0.15, -0.1) is 0 Å². The molecule has 3 aromatic heterocycles. The van der Waals surface area contributed by atoms with Crippen LogP contribution in [0.25, 0.3) is 11.1 Å². The molecule has 26 heavy (non-hydrogen) atoms. The Morgan fingerprint density at radius 3 is 2.54 bits per heavy atom. The van der Waals surface area contributed by atoms with Gasteiger partial charge in [-0.05, 0) is 18.9 Å². The molecule has 7 nitrogen and oxygen atoms in total. The Morgan fingerprint density at radius 1 is 1.19 bits per heavy atom. The molecule has 7 heteroatoms. The van der Waals surface area contributed by atoms with E-state index in [1.807, 2.05) is 19.9 Å². The predicted molar refractivity (Wildman–Crippen MR) is 97.0 cm³/mol. The molecule has 0 saturated heterocycles. The van der Waals surface area contributed by atoms with Crippen molar-refractivity contribution in [3.8, 4) is 0 Å². The summed E-state index contributed by atoms with van der Waals surface area (Å²) in [5.41, 5.74) is 3.07. The van der Waals surface area contributed by atoms with Gasteiger partial charge in [0.05, 0.1) is 28.9 Å². The largest absolute Gasteiger partial charge is 0.359 e. The zero-order valence-corrected chi connectivity index (χ0v) is 16.0. The van der Waals surface area contributed by atoms with Gasteiger partial charge in [-0.2, -0.15) is 0 Å². The number of aromatic nitrogens is 3. The summed E-state index contributed by atoms with van der Waals surface area (Å²) >= 11 is 0. The van der Waals surface area contributed by atoms with E-state index in [2.05, 4.69) is 41.4 Å². The number of hydrogen-bond acceptors (Lipinski definition) is 6. The molecule has 0 aromatic carbocycles. The molecule has 0 atom stereocenters. The maximum Gasteiger partial charge on any atom is 0.259 e. The molecule has 0 aliphatic rings.